The summed E-state index contributed by atoms with van der Waals surface area (Å²) in [5.41, 5.74) is 0.409. The molecule has 0 radical (unpaired) electrons. The molecule has 6 heteroatoms. The molecule has 0 saturated carbocycles. The first-order valence-corrected chi connectivity index (χ1v) is 7.03. The van der Waals surface area contributed by atoms with Gasteiger partial charge < -0.3 is 10.1 Å². The van der Waals surface area contributed by atoms with Gasteiger partial charge in [-0.2, -0.15) is 5.10 Å². The monoisotopic (exact) mass is 286 g/mol. The maximum absolute atomic E-state index is 12.6. The van der Waals surface area contributed by atoms with Gasteiger partial charge in [0.05, 0.1) is 18.6 Å². The van der Waals surface area contributed by atoms with E-state index in [-0.39, 0.29) is 5.91 Å². The summed E-state index contributed by atoms with van der Waals surface area (Å²) in [5.74, 6) is 0.830. The van der Waals surface area contributed by atoms with Crippen LogP contribution >= 0.6 is 0 Å². The third-order valence-corrected chi connectivity index (χ3v) is 3.94. The number of nitrogens with one attached hydrogen (secondary N) is 1. The summed E-state index contributed by atoms with van der Waals surface area (Å²) >= 11 is 0. The van der Waals surface area contributed by atoms with Crippen molar-refractivity contribution < 1.29 is 9.53 Å². The number of carbonyl (C=O) groups excluding carboxylic acids is 1. The molecule has 1 unspecified atom stereocenters. The molecule has 1 aliphatic rings. The van der Waals surface area contributed by atoms with Crippen LogP contribution in [-0.4, -0.2) is 33.8 Å². The highest BCUT2D eigenvalue weighted by Gasteiger charge is 2.39. The zero-order valence-electron chi connectivity index (χ0n) is 12.0. The first-order chi connectivity index (χ1) is 10.2. The van der Waals surface area contributed by atoms with Gasteiger partial charge in [-0.05, 0) is 19.4 Å². The Morgan fingerprint density at radius 1 is 1.48 bits per heavy atom. The molecule has 0 aliphatic carbocycles. The second-order valence-corrected chi connectivity index (χ2v) is 5.34. The number of hydrogen-bond donors (Lipinski definition) is 1. The zero-order valence-corrected chi connectivity index (χ0v) is 12.0. The van der Waals surface area contributed by atoms with Gasteiger partial charge in [-0.3, -0.25) is 9.48 Å². The third kappa shape index (κ3) is 2.61. The summed E-state index contributed by atoms with van der Waals surface area (Å²) < 4.78 is 7.33. The van der Waals surface area contributed by atoms with Crippen molar-refractivity contribution in [1.29, 1.82) is 0 Å². The van der Waals surface area contributed by atoms with Crippen LogP contribution in [0.2, 0.25) is 0 Å². The van der Waals surface area contributed by atoms with E-state index >= 15 is 0 Å². The van der Waals surface area contributed by atoms with Crippen molar-refractivity contribution in [2.45, 2.75) is 25.3 Å². The van der Waals surface area contributed by atoms with E-state index in [2.05, 4.69) is 15.4 Å². The number of rotatable bonds is 4. The van der Waals surface area contributed by atoms with Crippen LogP contribution in [0.3, 0.4) is 0 Å². The fourth-order valence-electron chi connectivity index (χ4n) is 2.61. The molecule has 0 fully saturated rings. The zero-order chi connectivity index (χ0) is 14.7. The number of para-hydroxylation sites is 1. The van der Waals surface area contributed by atoms with Gasteiger partial charge in [-0.25, -0.2) is 4.98 Å². The Balaban J connectivity index is 1.69. The molecule has 1 amide bonds. The Bertz CT molecular complexity index is 626. The van der Waals surface area contributed by atoms with Gasteiger partial charge in [0.1, 0.15) is 18.4 Å². The molecule has 0 spiro atoms. The van der Waals surface area contributed by atoms with Crippen LogP contribution in [0.5, 0.6) is 5.75 Å². The molecule has 0 bridgehead atoms. The third-order valence-electron chi connectivity index (χ3n) is 3.94. The molecule has 1 aromatic carbocycles. The first-order valence-electron chi connectivity index (χ1n) is 7.03. The van der Waals surface area contributed by atoms with E-state index in [1.165, 1.54) is 6.33 Å². The average Bonchev–Trinajstić information content (AvgIpc) is 3.01. The summed E-state index contributed by atoms with van der Waals surface area (Å²) in [6, 6.07) is 7.74. The molecule has 0 saturated heterocycles. The van der Waals surface area contributed by atoms with Crippen LogP contribution in [0.15, 0.2) is 36.9 Å². The van der Waals surface area contributed by atoms with E-state index in [1.807, 2.05) is 31.2 Å². The van der Waals surface area contributed by atoms with Crippen molar-refractivity contribution in [1.82, 2.24) is 20.1 Å². The second-order valence-electron chi connectivity index (χ2n) is 5.34. The van der Waals surface area contributed by atoms with Crippen molar-refractivity contribution in [3.05, 3.63) is 42.5 Å². The maximum atomic E-state index is 12.6. The minimum absolute atomic E-state index is 0.0263. The smallest absolute Gasteiger partial charge is 0.230 e. The predicted molar refractivity (Wildman–Crippen MR) is 76.9 cm³/mol. The lowest BCUT2D eigenvalue weighted by molar-refractivity contribution is -0.127. The highest BCUT2D eigenvalue weighted by Crippen LogP contribution is 2.38. The molecular formula is C15H18N4O2. The van der Waals surface area contributed by atoms with Crippen molar-refractivity contribution in [3.8, 4) is 5.75 Å². The minimum atomic E-state index is -0.544. The van der Waals surface area contributed by atoms with Crippen LogP contribution in [0.25, 0.3) is 0 Å². The van der Waals surface area contributed by atoms with E-state index < -0.39 is 5.41 Å². The van der Waals surface area contributed by atoms with Crippen LogP contribution in [-0.2, 0) is 16.8 Å². The molecule has 3 rings (SSSR count). The molecular weight excluding hydrogens is 268 g/mol. The fourth-order valence-corrected chi connectivity index (χ4v) is 2.61. The van der Waals surface area contributed by atoms with E-state index in [4.69, 9.17) is 4.74 Å². The summed E-state index contributed by atoms with van der Waals surface area (Å²) in [6.45, 7) is 3.67. The van der Waals surface area contributed by atoms with E-state index in [9.17, 15) is 4.79 Å². The van der Waals surface area contributed by atoms with E-state index in [1.54, 1.807) is 11.0 Å². The van der Waals surface area contributed by atoms with Gasteiger partial charge >= 0.3 is 0 Å². The van der Waals surface area contributed by atoms with Crippen molar-refractivity contribution >= 4 is 5.91 Å². The molecule has 1 N–H and O–H groups in total. The Morgan fingerprint density at radius 2 is 2.33 bits per heavy atom. The Hall–Kier alpha value is -2.37. The summed E-state index contributed by atoms with van der Waals surface area (Å²) in [6.07, 6.45) is 3.80. The number of benzene rings is 1. The first kappa shape index (κ1) is 13.6. The molecule has 1 aliphatic heterocycles. The number of aromatic nitrogens is 3. The highest BCUT2D eigenvalue weighted by molar-refractivity contribution is 5.88. The van der Waals surface area contributed by atoms with Crippen molar-refractivity contribution in [3.63, 3.8) is 0 Å². The number of hydrogen-bond acceptors (Lipinski definition) is 4. The normalized spacial score (nSPS) is 20.4. The quantitative estimate of drug-likeness (QED) is 0.915. The van der Waals surface area contributed by atoms with Crippen LogP contribution in [0, 0.1) is 0 Å². The minimum Gasteiger partial charge on any atom is -0.493 e. The maximum Gasteiger partial charge on any atom is 0.230 e. The highest BCUT2D eigenvalue weighted by atomic mass is 16.5. The summed E-state index contributed by atoms with van der Waals surface area (Å²) in [7, 11) is 0. The Kier molecular flexibility index (Phi) is 3.60. The van der Waals surface area contributed by atoms with Gasteiger partial charge in [-0.15, -0.1) is 0 Å². The molecule has 2 heterocycles. The lowest BCUT2D eigenvalue weighted by Gasteiger charge is -2.34. The largest absolute Gasteiger partial charge is 0.493 e. The van der Waals surface area contributed by atoms with Gasteiger partial charge in [-0.1, -0.05) is 18.2 Å². The molecule has 1 aromatic heterocycles. The van der Waals surface area contributed by atoms with Gasteiger partial charge in [0, 0.05) is 12.1 Å². The second kappa shape index (κ2) is 5.55. The number of nitrogens with zero attached hydrogens (tertiary/aromatic N) is 3. The number of fused-ring (bicyclic) bond motifs is 1. The molecule has 6 nitrogen and oxygen atoms in total. The van der Waals surface area contributed by atoms with Gasteiger partial charge in [0.15, 0.2) is 0 Å². The lowest BCUT2D eigenvalue weighted by Crippen LogP contribution is -2.46. The molecule has 21 heavy (non-hydrogen) atoms. The van der Waals surface area contributed by atoms with Gasteiger partial charge in [0.25, 0.3) is 0 Å². The van der Waals surface area contributed by atoms with Crippen LogP contribution < -0.4 is 10.1 Å². The predicted octanol–water partition coefficient (Wildman–Crippen LogP) is 1.13. The fraction of sp³-hybridized carbons (Fsp3) is 0.400. The van der Waals surface area contributed by atoms with E-state index in [0.717, 1.165) is 11.3 Å². The van der Waals surface area contributed by atoms with E-state index in [0.29, 0.717) is 26.1 Å². The topological polar surface area (TPSA) is 69.0 Å². The summed E-state index contributed by atoms with van der Waals surface area (Å²) in [4.78, 5) is 16.5. The molecule has 110 valence electrons. The van der Waals surface area contributed by atoms with Crippen molar-refractivity contribution in [2.24, 2.45) is 0 Å². The van der Waals surface area contributed by atoms with Crippen LogP contribution in [0.1, 0.15) is 18.9 Å². The Morgan fingerprint density at radius 3 is 3.14 bits per heavy atom. The Labute approximate surface area is 123 Å². The average molecular weight is 286 g/mol. The number of amides is 1. The lowest BCUT2D eigenvalue weighted by atomic mass is 9.77. The molecule has 1 atom stereocenters. The standard InChI is InChI=1S/C15H18N4O2/c1-15(6-9-21-13-5-3-2-4-12(13)15)14(20)17-7-8-19-11-16-10-18-19/h2-5,10-11H,6-9H2,1H3,(H,17,20). The number of carbonyl (C=O) groups is 1. The van der Waals surface area contributed by atoms with Gasteiger partial charge in [0.2, 0.25) is 5.91 Å². The summed E-state index contributed by atoms with van der Waals surface area (Å²) in [5, 5.41) is 7.00. The number of ether oxygens (including phenoxy) is 1. The SMILES string of the molecule is CC1(C(=O)NCCn2cncn2)CCOc2ccccc21. The van der Waals surface area contributed by atoms with Crippen molar-refractivity contribution in [2.75, 3.05) is 13.2 Å². The molecule has 2 aromatic rings. The van der Waals surface area contributed by atoms with Crippen LogP contribution in [0.4, 0.5) is 0 Å².